The quantitative estimate of drug-likeness (QED) is 0.728. The van der Waals surface area contributed by atoms with Crippen molar-refractivity contribution in [2.24, 2.45) is 5.92 Å². The molecule has 0 aliphatic heterocycles. The van der Waals surface area contributed by atoms with E-state index in [9.17, 15) is 9.50 Å². The van der Waals surface area contributed by atoms with E-state index in [-0.39, 0.29) is 11.7 Å². The summed E-state index contributed by atoms with van der Waals surface area (Å²) in [7, 11) is 0. The van der Waals surface area contributed by atoms with Crippen molar-refractivity contribution < 1.29 is 9.50 Å². The number of halogens is 1. The van der Waals surface area contributed by atoms with Crippen LogP contribution in [0.4, 0.5) is 4.39 Å². The zero-order valence-electron chi connectivity index (χ0n) is 8.55. The van der Waals surface area contributed by atoms with Crippen LogP contribution in [-0.4, -0.2) is 5.11 Å². The van der Waals surface area contributed by atoms with Crippen LogP contribution in [0.25, 0.3) is 0 Å². The SMILES string of the molecule is Cc1cc(C2(O)CCC2C)ccc1F. The molecule has 1 aliphatic carbocycles. The molecular formula is C12H15FO. The van der Waals surface area contributed by atoms with E-state index < -0.39 is 5.60 Å². The molecule has 1 N–H and O–H groups in total. The lowest BCUT2D eigenvalue weighted by molar-refractivity contribution is -0.0931. The number of benzene rings is 1. The lowest BCUT2D eigenvalue weighted by atomic mass is 9.66. The first kappa shape index (κ1) is 9.66. The Hall–Kier alpha value is -0.890. The fourth-order valence-corrected chi connectivity index (χ4v) is 2.05. The van der Waals surface area contributed by atoms with E-state index in [0.29, 0.717) is 5.56 Å². The molecule has 1 nitrogen and oxygen atoms in total. The molecule has 2 atom stereocenters. The number of rotatable bonds is 1. The maximum Gasteiger partial charge on any atom is 0.126 e. The molecule has 0 heterocycles. The van der Waals surface area contributed by atoms with Gasteiger partial charge >= 0.3 is 0 Å². The van der Waals surface area contributed by atoms with Crippen molar-refractivity contribution in [3.05, 3.63) is 35.1 Å². The Bertz CT molecular complexity index is 361. The van der Waals surface area contributed by atoms with Crippen molar-refractivity contribution >= 4 is 0 Å². The number of aryl methyl sites for hydroxylation is 1. The maximum absolute atomic E-state index is 13.0. The lowest BCUT2D eigenvalue weighted by Crippen LogP contribution is -2.42. The Morgan fingerprint density at radius 2 is 2.21 bits per heavy atom. The van der Waals surface area contributed by atoms with Crippen molar-refractivity contribution in [1.29, 1.82) is 0 Å². The fraction of sp³-hybridized carbons (Fsp3) is 0.500. The van der Waals surface area contributed by atoms with Gasteiger partial charge in [0.1, 0.15) is 5.82 Å². The van der Waals surface area contributed by atoms with Gasteiger partial charge in [0, 0.05) is 0 Å². The van der Waals surface area contributed by atoms with Gasteiger partial charge in [-0.2, -0.15) is 0 Å². The molecule has 1 saturated carbocycles. The lowest BCUT2D eigenvalue weighted by Gasteiger charge is -2.44. The second-order valence-corrected chi connectivity index (χ2v) is 4.33. The molecule has 1 fully saturated rings. The van der Waals surface area contributed by atoms with Gasteiger partial charge in [-0.3, -0.25) is 0 Å². The van der Waals surface area contributed by atoms with Gasteiger partial charge in [0.2, 0.25) is 0 Å². The van der Waals surface area contributed by atoms with Gasteiger partial charge in [0.05, 0.1) is 5.60 Å². The predicted molar refractivity (Wildman–Crippen MR) is 53.4 cm³/mol. The Balaban J connectivity index is 2.37. The van der Waals surface area contributed by atoms with Crippen LogP contribution in [0.2, 0.25) is 0 Å². The van der Waals surface area contributed by atoms with E-state index in [1.165, 1.54) is 6.07 Å². The van der Waals surface area contributed by atoms with Crippen molar-refractivity contribution in [3.63, 3.8) is 0 Å². The van der Waals surface area contributed by atoms with E-state index in [4.69, 9.17) is 0 Å². The summed E-state index contributed by atoms with van der Waals surface area (Å²) in [6, 6.07) is 4.89. The van der Waals surface area contributed by atoms with E-state index in [2.05, 4.69) is 0 Å². The van der Waals surface area contributed by atoms with Gasteiger partial charge < -0.3 is 5.11 Å². The number of hydrogen-bond donors (Lipinski definition) is 1. The molecule has 1 aromatic rings. The second kappa shape index (κ2) is 3.06. The van der Waals surface area contributed by atoms with Gasteiger partial charge in [0.25, 0.3) is 0 Å². The molecule has 14 heavy (non-hydrogen) atoms. The van der Waals surface area contributed by atoms with Crippen LogP contribution in [0.1, 0.15) is 30.9 Å². The van der Waals surface area contributed by atoms with Crippen molar-refractivity contribution in [2.45, 2.75) is 32.3 Å². The molecule has 2 rings (SSSR count). The molecule has 2 unspecified atom stereocenters. The van der Waals surface area contributed by atoms with Crippen LogP contribution in [0, 0.1) is 18.7 Å². The molecule has 0 aromatic heterocycles. The zero-order valence-corrected chi connectivity index (χ0v) is 8.55. The highest BCUT2D eigenvalue weighted by atomic mass is 19.1. The summed E-state index contributed by atoms with van der Waals surface area (Å²) >= 11 is 0. The number of hydrogen-bond acceptors (Lipinski definition) is 1. The Labute approximate surface area is 83.6 Å². The zero-order chi connectivity index (χ0) is 10.3. The third-order valence-electron chi connectivity index (χ3n) is 3.43. The van der Waals surface area contributed by atoms with Crippen molar-refractivity contribution in [3.8, 4) is 0 Å². The first-order valence-corrected chi connectivity index (χ1v) is 5.03. The van der Waals surface area contributed by atoms with Gasteiger partial charge in [-0.05, 0) is 42.9 Å². The summed E-state index contributed by atoms with van der Waals surface area (Å²) in [6.07, 6.45) is 1.84. The van der Waals surface area contributed by atoms with Gasteiger partial charge in [-0.25, -0.2) is 4.39 Å². The van der Waals surface area contributed by atoms with E-state index >= 15 is 0 Å². The van der Waals surface area contributed by atoms with Crippen LogP contribution in [-0.2, 0) is 5.60 Å². The molecule has 1 aromatic carbocycles. The van der Waals surface area contributed by atoms with Crippen LogP contribution in [0.5, 0.6) is 0 Å². The minimum Gasteiger partial charge on any atom is -0.385 e. The van der Waals surface area contributed by atoms with Crippen molar-refractivity contribution in [2.75, 3.05) is 0 Å². The van der Waals surface area contributed by atoms with E-state index in [1.807, 2.05) is 6.92 Å². The second-order valence-electron chi connectivity index (χ2n) is 4.33. The molecule has 0 bridgehead atoms. The molecule has 0 saturated heterocycles. The summed E-state index contributed by atoms with van der Waals surface area (Å²) in [6.45, 7) is 3.76. The minimum atomic E-state index is -0.710. The molecule has 0 radical (unpaired) electrons. The largest absolute Gasteiger partial charge is 0.385 e. The normalized spacial score (nSPS) is 31.3. The summed E-state index contributed by atoms with van der Waals surface area (Å²) in [4.78, 5) is 0. The van der Waals surface area contributed by atoms with Crippen molar-refractivity contribution in [1.82, 2.24) is 0 Å². The Morgan fingerprint density at radius 1 is 1.50 bits per heavy atom. The fourth-order valence-electron chi connectivity index (χ4n) is 2.05. The topological polar surface area (TPSA) is 20.2 Å². The first-order valence-electron chi connectivity index (χ1n) is 5.03. The summed E-state index contributed by atoms with van der Waals surface area (Å²) in [5.74, 6) is 0.0803. The predicted octanol–water partition coefficient (Wildman–Crippen LogP) is 2.75. The van der Waals surface area contributed by atoms with Gasteiger partial charge in [-0.15, -0.1) is 0 Å². The molecule has 2 heteroatoms. The third-order valence-corrected chi connectivity index (χ3v) is 3.43. The van der Waals surface area contributed by atoms with Crippen LogP contribution >= 0.6 is 0 Å². The van der Waals surface area contributed by atoms with Crippen LogP contribution in [0.3, 0.4) is 0 Å². The van der Waals surface area contributed by atoms with Gasteiger partial charge in [-0.1, -0.05) is 19.1 Å². The Kier molecular flexibility index (Phi) is 2.11. The first-order chi connectivity index (χ1) is 6.54. The van der Waals surface area contributed by atoms with E-state index in [0.717, 1.165) is 18.4 Å². The highest BCUT2D eigenvalue weighted by molar-refractivity contribution is 5.30. The maximum atomic E-state index is 13.0. The average Bonchev–Trinajstić information content (AvgIpc) is 2.18. The summed E-state index contributed by atoms with van der Waals surface area (Å²) < 4.78 is 13.0. The minimum absolute atomic E-state index is 0.204. The van der Waals surface area contributed by atoms with Crippen LogP contribution in [0.15, 0.2) is 18.2 Å². The van der Waals surface area contributed by atoms with Gasteiger partial charge in [0.15, 0.2) is 0 Å². The summed E-state index contributed by atoms with van der Waals surface area (Å²) in [5, 5.41) is 10.2. The molecule has 0 amide bonds. The van der Waals surface area contributed by atoms with E-state index in [1.54, 1.807) is 19.1 Å². The monoisotopic (exact) mass is 194 g/mol. The highest BCUT2D eigenvalue weighted by Gasteiger charge is 2.43. The van der Waals surface area contributed by atoms with Crippen LogP contribution < -0.4 is 0 Å². The highest BCUT2D eigenvalue weighted by Crippen LogP contribution is 2.46. The Morgan fingerprint density at radius 3 is 2.64 bits per heavy atom. The number of aliphatic hydroxyl groups is 1. The average molecular weight is 194 g/mol. The summed E-state index contributed by atoms with van der Waals surface area (Å²) in [5.41, 5.74) is 0.753. The third kappa shape index (κ3) is 1.25. The molecular weight excluding hydrogens is 179 g/mol. The molecule has 1 aliphatic rings. The molecule has 0 spiro atoms. The smallest absolute Gasteiger partial charge is 0.126 e. The standard InChI is InChI=1S/C12H15FO/c1-8-7-10(3-4-11(8)13)12(14)6-5-9(12)2/h3-4,7,9,14H,5-6H2,1-2H3. The molecule has 76 valence electrons.